The van der Waals surface area contributed by atoms with Gasteiger partial charge in [-0.1, -0.05) is 28.6 Å². The number of benzene rings is 1. The highest BCUT2D eigenvalue weighted by Gasteiger charge is 2.36. The lowest BCUT2D eigenvalue weighted by atomic mass is 10.1. The zero-order valence-corrected chi connectivity index (χ0v) is 11.3. The van der Waals surface area contributed by atoms with Crippen molar-refractivity contribution in [3.63, 3.8) is 0 Å². The summed E-state index contributed by atoms with van der Waals surface area (Å²) >= 11 is 6.53. The van der Waals surface area contributed by atoms with Crippen LogP contribution >= 0.6 is 31.9 Å². The van der Waals surface area contributed by atoms with Gasteiger partial charge in [-0.2, -0.15) is 0 Å². The van der Waals surface area contributed by atoms with Crippen molar-refractivity contribution in [2.75, 3.05) is 11.4 Å². The minimum absolute atomic E-state index is 0.292. The number of rotatable bonds is 2. The number of hydrogen-bond acceptors (Lipinski definition) is 2. The van der Waals surface area contributed by atoms with Gasteiger partial charge in [-0.25, -0.2) is 0 Å². The molecule has 2 rings (SSSR count). The lowest BCUT2D eigenvalue weighted by Crippen LogP contribution is -2.30. The van der Waals surface area contributed by atoms with Gasteiger partial charge < -0.3 is 0 Å². The molecule has 0 radical (unpaired) electrons. The molecule has 0 saturated heterocycles. The Bertz CT molecular complexity index is 511. The van der Waals surface area contributed by atoms with E-state index >= 15 is 0 Å². The van der Waals surface area contributed by atoms with Gasteiger partial charge in [-0.05, 0) is 28.1 Å². The second-order valence-corrected chi connectivity index (χ2v) is 5.35. The molecule has 0 N–H and O–H groups in total. The van der Waals surface area contributed by atoms with Crippen molar-refractivity contribution in [1.29, 1.82) is 0 Å². The number of nitrogens with zero attached hydrogens (tertiary/aromatic N) is 1. The molecule has 0 fully saturated rings. The Hall–Kier alpha value is -0.940. The molecular formula is C11H7Br2NO2. The first kappa shape index (κ1) is 11.5. The third kappa shape index (κ3) is 1.74. The summed E-state index contributed by atoms with van der Waals surface area (Å²) in [5, 5.41) is 0. The van der Waals surface area contributed by atoms with Gasteiger partial charge in [0.05, 0.1) is 17.8 Å². The summed E-state index contributed by atoms with van der Waals surface area (Å²) in [5.74, 6) is -0.979. The second kappa shape index (κ2) is 4.14. The lowest BCUT2D eigenvalue weighted by molar-refractivity contribution is -0.114. The predicted octanol–water partition coefficient (Wildman–Crippen LogP) is 2.89. The van der Waals surface area contributed by atoms with Gasteiger partial charge >= 0.3 is 0 Å². The zero-order valence-electron chi connectivity index (χ0n) is 8.17. The highest BCUT2D eigenvalue weighted by molar-refractivity contribution is 9.11. The average molecular weight is 345 g/mol. The quantitative estimate of drug-likeness (QED) is 0.773. The van der Waals surface area contributed by atoms with Crippen LogP contribution in [0.2, 0.25) is 0 Å². The Kier molecular flexibility index (Phi) is 2.99. The molecule has 3 nitrogen and oxygen atoms in total. The molecule has 0 bridgehead atoms. The summed E-state index contributed by atoms with van der Waals surface area (Å²) in [4.78, 5) is 24.8. The zero-order chi connectivity index (χ0) is 11.9. The monoisotopic (exact) mass is 343 g/mol. The van der Waals surface area contributed by atoms with Crippen molar-refractivity contribution in [3.8, 4) is 0 Å². The van der Waals surface area contributed by atoms with Gasteiger partial charge in [0.1, 0.15) is 0 Å². The molecule has 1 aliphatic rings. The van der Waals surface area contributed by atoms with E-state index in [1.807, 2.05) is 0 Å². The Morgan fingerprint density at radius 1 is 1.38 bits per heavy atom. The van der Waals surface area contributed by atoms with Crippen LogP contribution in [-0.2, 0) is 4.79 Å². The van der Waals surface area contributed by atoms with E-state index in [2.05, 4.69) is 38.4 Å². The van der Waals surface area contributed by atoms with E-state index in [0.29, 0.717) is 22.3 Å². The molecule has 1 aliphatic heterocycles. The van der Waals surface area contributed by atoms with Gasteiger partial charge in [0.25, 0.3) is 11.7 Å². The van der Waals surface area contributed by atoms with E-state index in [0.717, 1.165) is 4.47 Å². The van der Waals surface area contributed by atoms with E-state index in [1.165, 1.54) is 4.90 Å². The molecule has 1 aromatic carbocycles. The molecule has 5 heteroatoms. The maximum absolute atomic E-state index is 11.7. The lowest BCUT2D eigenvalue weighted by Gasteiger charge is -2.16. The number of carbonyl (C=O) groups is 2. The van der Waals surface area contributed by atoms with Crippen LogP contribution in [0, 0.1) is 0 Å². The van der Waals surface area contributed by atoms with E-state index in [1.54, 1.807) is 18.2 Å². The van der Waals surface area contributed by atoms with Crippen molar-refractivity contribution < 1.29 is 9.59 Å². The first-order valence-corrected chi connectivity index (χ1v) is 6.09. The summed E-state index contributed by atoms with van der Waals surface area (Å²) < 4.78 is 1.38. The fourth-order valence-corrected chi connectivity index (χ4v) is 2.47. The van der Waals surface area contributed by atoms with Crippen LogP contribution in [0.25, 0.3) is 0 Å². The first-order valence-electron chi connectivity index (χ1n) is 4.50. The molecule has 0 aromatic heterocycles. The molecule has 1 amide bonds. The summed E-state index contributed by atoms with van der Waals surface area (Å²) in [6.07, 6.45) is 0. The van der Waals surface area contributed by atoms with Crippen molar-refractivity contribution >= 4 is 49.2 Å². The van der Waals surface area contributed by atoms with E-state index < -0.39 is 11.7 Å². The summed E-state index contributed by atoms with van der Waals surface area (Å²) in [6, 6.07) is 5.19. The fraction of sp³-hybridized carbons (Fsp3) is 0.0909. The third-order valence-corrected chi connectivity index (χ3v) is 3.16. The minimum atomic E-state index is -0.512. The summed E-state index contributed by atoms with van der Waals surface area (Å²) in [6.45, 7) is 3.97. The number of ketones is 1. The molecule has 1 aromatic rings. The minimum Gasteiger partial charge on any atom is -0.299 e. The number of fused-ring (bicyclic) bond motifs is 1. The van der Waals surface area contributed by atoms with Crippen molar-refractivity contribution in [3.05, 3.63) is 39.3 Å². The second-order valence-electron chi connectivity index (χ2n) is 3.37. The van der Waals surface area contributed by atoms with Gasteiger partial charge in [-0.15, -0.1) is 0 Å². The van der Waals surface area contributed by atoms with Crippen LogP contribution in [0.15, 0.2) is 33.7 Å². The molecule has 1 heterocycles. The Morgan fingerprint density at radius 2 is 2.06 bits per heavy atom. The van der Waals surface area contributed by atoms with Crippen molar-refractivity contribution in [2.45, 2.75) is 0 Å². The number of anilines is 1. The summed E-state index contributed by atoms with van der Waals surface area (Å²) in [7, 11) is 0. The number of Topliss-reactive ketones (excluding diaryl/α,β-unsaturated/α-hetero) is 1. The highest BCUT2D eigenvalue weighted by Crippen LogP contribution is 2.36. The molecular weight excluding hydrogens is 338 g/mol. The van der Waals surface area contributed by atoms with Crippen LogP contribution in [0.5, 0.6) is 0 Å². The Morgan fingerprint density at radius 3 is 2.69 bits per heavy atom. The molecule has 0 spiro atoms. The average Bonchev–Trinajstić information content (AvgIpc) is 2.45. The predicted molar refractivity (Wildman–Crippen MR) is 68.9 cm³/mol. The number of halogens is 2. The third-order valence-electron chi connectivity index (χ3n) is 2.27. The van der Waals surface area contributed by atoms with Crippen LogP contribution in [0.4, 0.5) is 5.69 Å². The van der Waals surface area contributed by atoms with Crippen molar-refractivity contribution in [2.24, 2.45) is 0 Å². The van der Waals surface area contributed by atoms with E-state index in [4.69, 9.17) is 0 Å². The standard InChI is InChI=1S/C11H7Br2NO2/c1-6(12)5-14-9-7(10(15)11(14)16)3-2-4-8(9)13/h2-4H,1,5H2. The smallest absolute Gasteiger partial charge is 0.299 e. The van der Waals surface area contributed by atoms with Crippen molar-refractivity contribution in [1.82, 2.24) is 0 Å². The Balaban J connectivity index is 2.56. The maximum atomic E-state index is 11.7. The van der Waals surface area contributed by atoms with Gasteiger partial charge in [0.2, 0.25) is 0 Å². The molecule has 82 valence electrons. The highest BCUT2D eigenvalue weighted by atomic mass is 79.9. The maximum Gasteiger partial charge on any atom is 0.299 e. The van der Waals surface area contributed by atoms with Crippen LogP contribution in [-0.4, -0.2) is 18.2 Å². The first-order chi connectivity index (χ1) is 7.52. The molecule has 16 heavy (non-hydrogen) atoms. The number of amides is 1. The molecule has 0 unspecified atom stereocenters. The Labute approximate surface area is 109 Å². The van der Waals surface area contributed by atoms with Crippen LogP contribution < -0.4 is 4.90 Å². The van der Waals surface area contributed by atoms with E-state index in [9.17, 15) is 9.59 Å². The number of carbonyl (C=O) groups excluding carboxylic acids is 2. The fourth-order valence-electron chi connectivity index (χ4n) is 1.63. The van der Waals surface area contributed by atoms with Crippen LogP contribution in [0.3, 0.4) is 0 Å². The molecule has 0 saturated carbocycles. The SMILES string of the molecule is C=C(Br)CN1C(=O)C(=O)c2cccc(Br)c21. The van der Waals surface area contributed by atoms with E-state index in [-0.39, 0.29) is 0 Å². The molecule has 0 atom stereocenters. The van der Waals surface area contributed by atoms with Crippen LogP contribution in [0.1, 0.15) is 10.4 Å². The largest absolute Gasteiger partial charge is 0.299 e. The number of hydrogen-bond donors (Lipinski definition) is 0. The van der Waals surface area contributed by atoms with Gasteiger partial charge in [-0.3, -0.25) is 14.5 Å². The topological polar surface area (TPSA) is 37.4 Å². The summed E-state index contributed by atoms with van der Waals surface area (Å²) in [5.41, 5.74) is 1.06. The normalized spacial score (nSPS) is 14.2. The van der Waals surface area contributed by atoms with Gasteiger partial charge in [0, 0.05) is 8.96 Å². The number of para-hydroxylation sites is 1. The molecule has 0 aliphatic carbocycles. The van der Waals surface area contributed by atoms with Gasteiger partial charge in [0.15, 0.2) is 0 Å².